The smallest absolute Gasteiger partial charge is 0.138 e. The number of carbonyl (C=O) groups is 1. The highest BCUT2D eigenvalue weighted by Gasteiger charge is 2.69. The Kier molecular flexibility index (Phi) is 4.87. The zero-order valence-electron chi connectivity index (χ0n) is 22.1. The van der Waals surface area contributed by atoms with Gasteiger partial charge in [0.2, 0.25) is 0 Å². The summed E-state index contributed by atoms with van der Waals surface area (Å²) in [6.07, 6.45) is 11.1. The number of fused-ring (bicyclic) bond motifs is 7. The molecule has 0 aromatic carbocycles. The number of hydrogen-bond donors (Lipinski definition) is 1. The maximum absolute atomic E-state index is 12.9. The average Bonchev–Trinajstić information content (AvgIpc) is 2.70. The molecule has 5 aliphatic rings. The minimum atomic E-state index is -0.213. The molecule has 0 radical (unpaired) electrons. The summed E-state index contributed by atoms with van der Waals surface area (Å²) < 4.78 is 0. The van der Waals surface area contributed by atoms with Gasteiger partial charge in [-0.05, 0) is 90.8 Å². The van der Waals surface area contributed by atoms with Crippen molar-refractivity contribution in [1.82, 2.24) is 0 Å². The first-order valence-corrected chi connectivity index (χ1v) is 13.7. The van der Waals surface area contributed by atoms with Crippen molar-refractivity contribution in [2.75, 3.05) is 0 Å². The molecule has 0 aliphatic heterocycles. The van der Waals surface area contributed by atoms with Gasteiger partial charge in [0.25, 0.3) is 0 Å². The van der Waals surface area contributed by atoms with Gasteiger partial charge in [-0.25, -0.2) is 0 Å². The van der Waals surface area contributed by atoms with Crippen LogP contribution in [0.15, 0.2) is 11.6 Å². The molecule has 0 aromatic heterocycles. The quantitative estimate of drug-likeness (QED) is 0.404. The van der Waals surface area contributed by atoms with E-state index in [4.69, 9.17) is 0 Å². The number of hydrogen-bond acceptors (Lipinski definition) is 2. The molecule has 5 rings (SSSR count). The SMILES string of the molecule is C[C@H]1[C@H](C)CC[C@@]2(C)[C@@H]1C1=CC[C@@H]3[C@@]4(C)CCC(=O)C(C)(C)[C@@H]4CC[C@@]3(C)[C@]1(C)C[C@@H]2O. The maximum atomic E-state index is 12.9. The van der Waals surface area contributed by atoms with E-state index in [1.54, 1.807) is 5.57 Å². The Labute approximate surface area is 197 Å². The van der Waals surface area contributed by atoms with Crippen molar-refractivity contribution in [3.63, 3.8) is 0 Å². The minimum absolute atomic E-state index is 0.0286. The topological polar surface area (TPSA) is 37.3 Å². The van der Waals surface area contributed by atoms with Crippen molar-refractivity contribution >= 4 is 5.78 Å². The second kappa shape index (κ2) is 6.73. The zero-order valence-corrected chi connectivity index (χ0v) is 22.1. The molecule has 5 aliphatic carbocycles. The second-order valence-electron chi connectivity index (χ2n) is 14.5. The van der Waals surface area contributed by atoms with Crippen LogP contribution in [-0.2, 0) is 4.79 Å². The lowest BCUT2D eigenvalue weighted by Gasteiger charge is -2.71. The Balaban J connectivity index is 1.62. The lowest BCUT2D eigenvalue weighted by atomic mass is 9.33. The van der Waals surface area contributed by atoms with Crippen LogP contribution in [0.1, 0.15) is 107 Å². The Morgan fingerprint density at radius 3 is 2.28 bits per heavy atom. The molecule has 0 spiro atoms. The molecule has 0 amide bonds. The van der Waals surface area contributed by atoms with E-state index in [2.05, 4.69) is 61.5 Å². The number of rotatable bonds is 0. The van der Waals surface area contributed by atoms with Crippen LogP contribution in [0.25, 0.3) is 0 Å². The Hall–Kier alpha value is -0.630. The predicted molar refractivity (Wildman–Crippen MR) is 131 cm³/mol. The summed E-state index contributed by atoms with van der Waals surface area (Å²) in [4.78, 5) is 12.9. The number of aliphatic hydroxyl groups is 1. The van der Waals surface area contributed by atoms with Crippen molar-refractivity contribution in [3.8, 4) is 0 Å². The van der Waals surface area contributed by atoms with Crippen LogP contribution in [0.5, 0.6) is 0 Å². The second-order valence-corrected chi connectivity index (χ2v) is 14.5. The fraction of sp³-hybridized carbons (Fsp3) is 0.900. The largest absolute Gasteiger partial charge is 0.393 e. The molecule has 1 N–H and O–H groups in total. The van der Waals surface area contributed by atoms with Gasteiger partial charge < -0.3 is 5.11 Å². The van der Waals surface area contributed by atoms with Crippen LogP contribution in [0.3, 0.4) is 0 Å². The van der Waals surface area contributed by atoms with Gasteiger partial charge >= 0.3 is 0 Å². The van der Waals surface area contributed by atoms with Gasteiger partial charge in [-0.1, -0.05) is 67.0 Å². The highest BCUT2D eigenvalue weighted by atomic mass is 16.3. The molecule has 10 atom stereocenters. The van der Waals surface area contributed by atoms with Crippen LogP contribution in [-0.4, -0.2) is 17.0 Å². The predicted octanol–water partition coefficient (Wildman–Crippen LogP) is 7.20. The third kappa shape index (κ3) is 2.55. The van der Waals surface area contributed by atoms with Crippen LogP contribution in [0, 0.1) is 56.7 Å². The molecule has 0 bridgehead atoms. The molecule has 2 heteroatoms. The number of ketones is 1. The van der Waals surface area contributed by atoms with Gasteiger partial charge in [0.05, 0.1) is 6.10 Å². The molecular weight excluding hydrogens is 392 g/mol. The Bertz CT molecular complexity index is 855. The molecule has 180 valence electrons. The number of carbonyl (C=O) groups excluding carboxylic acids is 1. The van der Waals surface area contributed by atoms with Gasteiger partial charge in [0, 0.05) is 17.3 Å². The first-order valence-electron chi connectivity index (χ1n) is 13.7. The molecule has 2 nitrogen and oxygen atoms in total. The van der Waals surface area contributed by atoms with Gasteiger partial charge in [-0.3, -0.25) is 4.79 Å². The first-order chi connectivity index (χ1) is 14.7. The van der Waals surface area contributed by atoms with Crippen LogP contribution in [0.4, 0.5) is 0 Å². The summed E-state index contributed by atoms with van der Waals surface area (Å²) >= 11 is 0. The van der Waals surface area contributed by atoms with Gasteiger partial charge in [0.1, 0.15) is 5.78 Å². The van der Waals surface area contributed by atoms with Crippen molar-refractivity contribution in [2.24, 2.45) is 56.7 Å². The molecule has 0 aromatic rings. The molecule has 4 saturated carbocycles. The maximum Gasteiger partial charge on any atom is 0.138 e. The van der Waals surface area contributed by atoms with Crippen LogP contribution in [0.2, 0.25) is 0 Å². The molecular formula is C30H48O2. The fourth-order valence-electron chi connectivity index (χ4n) is 10.7. The number of allylic oxidation sites excluding steroid dienone is 2. The summed E-state index contributed by atoms with van der Waals surface area (Å²) in [5, 5.41) is 11.7. The van der Waals surface area contributed by atoms with Gasteiger partial charge in [-0.2, -0.15) is 0 Å². The third-order valence-electron chi connectivity index (χ3n) is 13.2. The Morgan fingerprint density at radius 1 is 0.906 bits per heavy atom. The van der Waals surface area contributed by atoms with Crippen LogP contribution >= 0.6 is 0 Å². The van der Waals surface area contributed by atoms with E-state index < -0.39 is 0 Å². The van der Waals surface area contributed by atoms with E-state index in [1.165, 1.54) is 19.3 Å². The molecule has 0 saturated heterocycles. The van der Waals surface area contributed by atoms with Gasteiger partial charge in [0.15, 0.2) is 0 Å². The minimum Gasteiger partial charge on any atom is -0.393 e. The third-order valence-corrected chi connectivity index (χ3v) is 13.2. The Morgan fingerprint density at radius 2 is 1.59 bits per heavy atom. The lowest BCUT2D eigenvalue weighted by Crippen LogP contribution is -2.66. The van der Waals surface area contributed by atoms with E-state index >= 15 is 0 Å². The molecule has 0 unspecified atom stereocenters. The summed E-state index contributed by atoms with van der Waals surface area (Å²) in [5.41, 5.74) is 2.01. The monoisotopic (exact) mass is 440 g/mol. The van der Waals surface area contributed by atoms with Gasteiger partial charge in [-0.15, -0.1) is 0 Å². The van der Waals surface area contributed by atoms with Crippen LogP contribution < -0.4 is 0 Å². The molecule has 32 heavy (non-hydrogen) atoms. The van der Waals surface area contributed by atoms with E-state index in [0.717, 1.165) is 38.0 Å². The van der Waals surface area contributed by atoms with Crippen molar-refractivity contribution < 1.29 is 9.90 Å². The molecule has 4 fully saturated rings. The zero-order chi connectivity index (χ0) is 23.5. The van der Waals surface area contributed by atoms with Crippen molar-refractivity contribution in [1.29, 1.82) is 0 Å². The summed E-state index contributed by atoms with van der Waals surface area (Å²) in [6, 6.07) is 0. The number of aliphatic hydroxyl groups excluding tert-OH is 1. The highest BCUT2D eigenvalue weighted by Crippen LogP contribution is 2.75. The summed E-state index contributed by atoms with van der Waals surface area (Å²) in [7, 11) is 0. The fourth-order valence-corrected chi connectivity index (χ4v) is 10.7. The number of Topliss-reactive ketones (excluding diaryl/α,β-unsaturated/α-hetero) is 1. The average molecular weight is 441 g/mol. The molecule has 0 heterocycles. The highest BCUT2D eigenvalue weighted by molar-refractivity contribution is 5.85. The summed E-state index contributed by atoms with van der Waals surface area (Å²) in [5.74, 6) is 3.44. The van der Waals surface area contributed by atoms with E-state index in [0.29, 0.717) is 29.5 Å². The van der Waals surface area contributed by atoms with E-state index in [-0.39, 0.29) is 33.2 Å². The first kappa shape index (κ1) is 23.1. The lowest BCUT2D eigenvalue weighted by molar-refractivity contribution is -0.199. The van der Waals surface area contributed by atoms with E-state index in [1.807, 2.05) is 0 Å². The summed E-state index contributed by atoms with van der Waals surface area (Å²) in [6.45, 7) is 19.4. The van der Waals surface area contributed by atoms with Crippen molar-refractivity contribution in [2.45, 2.75) is 113 Å². The normalized spacial score (nSPS) is 56.9. The van der Waals surface area contributed by atoms with E-state index in [9.17, 15) is 9.90 Å². The van der Waals surface area contributed by atoms with Crippen molar-refractivity contribution in [3.05, 3.63) is 11.6 Å². The standard InChI is InChI=1S/C30H48O2/c1-18-11-14-28(6)24(32)17-30(8)20(25(28)19(18)2)9-10-22-27(5)15-13-23(31)26(3,4)21(27)12-16-29(22,30)7/h9,18-19,21-22,24-25,32H,10-17H2,1-8H3/t18-,19+,21+,22-,24+,25+,27+,28-,29-,30-/m1/s1.